The first-order chi connectivity index (χ1) is 25.3. The van der Waals surface area contributed by atoms with Gasteiger partial charge in [0, 0.05) is 5.92 Å². The minimum atomic E-state index is 0.264. The summed E-state index contributed by atoms with van der Waals surface area (Å²) in [4.78, 5) is 0. The molecule has 0 aromatic heterocycles. The summed E-state index contributed by atoms with van der Waals surface area (Å²) in [6, 6.07) is 73.8. The molecule has 0 saturated heterocycles. The molecule has 0 radical (unpaired) electrons. The summed E-state index contributed by atoms with van der Waals surface area (Å²) in [5, 5.41) is 5.03. The molecule has 0 N–H and O–H groups in total. The predicted molar refractivity (Wildman–Crippen MR) is 216 cm³/mol. The Morgan fingerprint density at radius 3 is 1.43 bits per heavy atom. The fraction of sp³-hybridized carbons (Fsp3) is 0.0196. The zero-order chi connectivity index (χ0) is 33.7. The van der Waals surface area contributed by atoms with Crippen molar-refractivity contribution in [2.75, 3.05) is 0 Å². The second kappa shape index (κ2) is 12.1. The van der Waals surface area contributed by atoms with Gasteiger partial charge in [-0.25, -0.2) is 0 Å². The molecule has 0 aliphatic heterocycles. The van der Waals surface area contributed by atoms with Crippen molar-refractivity contribution in [1.29, 1.82) is 0 Å². The van der Waals surface area contributed by atoms with Crippen LogP contribution in [-0.4, -0.2) is 0 Å². The first-order valence-corrected chi connectivity index (χ1v) is 17.8. The predicted octanol–water partition coefficient (Wildman–Crippen LogP) is 13.8. The van der Waals surface area contributed by atoms with Gasteiger partial charge >= 0.3 is 0 Å². The average Bonchev–Trinajstić information content (AvgIpc) is 3.55. The minimum absolute atomic E-state index is 0.264. The molecule has 51 heavy (non-hydrogen) atoms. The van der Waals surface area contributed by atoms with E-state index in [0.717, 1.165) is 0 Å². The normalized spacial score (nSPS) is 12.2. The summed E-state index contributed by atoms with van der Waals surface area (Å²) in [7, 11) is 0. The van der Waals surface area contributed by atoms with Gasteiger partial charge in [-0.2, -0.15) is 0 Å². The van der Waals surface area contributed by atoms with E-state index in [0.29, 0.717) is 0 Å². The van der Waals surface area contributed by atoms with Crippen molar-refractivity contribution in [1.82, 2.24) is 0 Å². The number of fused-ring (bicyclic) bond motifs is 5. The van der Waals surface area contributed by atoms with Gasteiger partial charge in [-0.3, -0.25) is 0 Å². The fourth-order valence-corrected chi connectivity index (χ4v) is 8.20. The third-order valence-electron chi connectivity index (χ3n) is 10.7. The summed E-state index contributed by atoms with van der Waals surface area (Å²) < 4.78 is 0. The largest absolute Gasteiger partial charge is 0.0619 e. The highest BCUT2D eigenvalue weighted by molar-refractivity contribution is 5.99. The van der Waals surface area contributed by atoms with Gasteiger partial charge in [-0.05, 0) is 118 Å². The third-order valence-corrected chi connectivity index (χ3v) is 10.7. The lowest BCUT2D eigenvalue weighted by molar-refractivity contribution is 1.02. The van der Waals surface area contributed by atoms with Crippen LogP contribution in [0, 0.1) is 0 Å². The van der Waals surface area contributed by atoms with Crippen LogP contribution in [0.2, 0.25) is 0 Å². The molecular weight excluding hydrogens is 613 g/mol. The molecule has 0 atom stereocenters. The second-order valence-corrected chi connectivity index (χ2v) is 13.7. The van der Waals surface area contributed by atoms with Gasteiger partial charge in [0.05, 0.1) is 0 Å². The third kappa shape index (κ3) is 5.16. The molecule has 0 fully saturated rings. The molecule has 10 rings (SSSR count). The van der Waals surface area contributed by atoms with Crippen molar-refractivity contribution in [3.63, 3.8) is 0 Å². The van der Waals surface area contributed by atoms with Crippen molar-refractivity contribution < 1.29 is 0 Å². The van der Waals surface area contributed by atoms with E-state index >= 15 is 0 Å². The van der Waals surface area contributed by atoms with Gasteiger partial charge in [0.2, 0.25) is 0 Å². The highest BCUT2D eigenvalue weighted by atomic mass is 14.3. The molecular formula is C51H34. The van der Waals surface area contributed by atoms with Gasteiger partial charge in [0.25, 0.3) is 0 Å². The molecule has 1 aliphatic rings. The quantitative estimate of drug-likeness (QED) is 0.175. The van der Waals surface area contributed by atoms with Crippen molar-refractivity contribution in [3.8, 4) is 55.6 Å². The zero-order valence-electron chi connectivity index (χ0n) is 28.1. The Kier molecular flexibility index (Phi) is 6.99. The summed E-state index contributed by atoms with van der Waals surface area (Å²) in [6.45, 7) is 0. The smallest absolute Gasteiger partial charge is 0.0352 e. The Balaban J connectivity index is 1.02. The highest BCUT2D eigenvalue weighted by Gasteiger charge is 2.29. The lowest BCUT2D eigenvalue weighted by atomic mass is 9.88. The molecule has 1 aliphatic carbocycles. The van der Waals surface area contributed by atoms with Crippen LogP contribution in [0.1, 0.15) is 22.6 Å². The van der Waals surface area contributed by atoms with Crippen molar-refractivity contribution in [2.24, 2.45) is 0 Å². The molecule has 0 unspecified atom stereocenters. The van der Waals surface area contributed by atoms with Crippen molar-refractivity contribution in [2.45, 2.75) is 5.92 Å². The standard InChI is InChI=1S/C51H34/c1-2-12-40-30-41(29-26-34(40)10-1)43-31-42(32-44(33-43)46-19-9-13-38-11-3-4-14-45(38)46)37-22-20-35(21-23-37)36-24-27-39(28-25-36)51-49-17-7-5-15-47(49)48-16-6-8-18-50(48)51/h1-33,51H. The number of hydrogen-bond donors (Lipinski definition) is 0. The summed E-state index contributed by atoms with van der Waals surface area (Å²) in [6.07, 6.45) is 0. The van der Waals surface area contributed by atoms with Crippen LogP contribution in [0.15, 0.2) is 200 Å². The maximum absolute atomic E-state index is 2.35. The lowest BCUT2D eigenvalue weighted by Gasteiger charge is -2.15. The molecule has 0 spiro atoms. The van der Waals surface area contributed by atoms with Crippen molar-refractivity contribution in [3.05, 3.63) is 217 Å². The van der Waals surface area contributed by atoms with Crippen LogP contribution >= 0.6 is 0 Å². The zero-order valence-corrected chi connectivity index (χ0v) is 28.1. The SMILES string of the molecule is c1ccc2c(c1)-c1ccccc1C2c1ccc(-c2ccc(-c3cc(-c4ccc5ccccc5c4)cc(-c4cccc5ccccc45)c3)cc2)cc1. The Hall–Kier alpha value is -6.50. The molecule has 0 heteroatoms. The van der Waals surface area contributed by atoms with Crippen molar-refractivity contribution >= 4 is 21.5 Å². The maximum atomic E-state index is 2.35. The van der Waals surface area contributed by atoms with E-state index in [9.17, 15) is 0 Å². The van der Waals surface area contributed by atoms with E-state index in [1.165, 1.54) is 93.9 Å². The Labute approximate surface area is 298 Å². The van der Waals surface area contributed by atoms with E-state index in [4.69, 9.17) is 0 Å². The van der Waals surface area contributed by atoms with Crippen LogP contribution in [0.4, 0.5) is 0 Å². The molecule has 0 saturated carbocycles. The Bertz CT molecular complexity index is 2680. The van der Waals surface area contributed by atoms with Crippen LogP contribution in [0.5, 0.6) is 0 Å². The first kappa shape index (κ1) is 29.4. The van der Waals surface area contributed by atoms with E-state index in [1.54, 1.807) is 0 Å². The van der Waals surface area contributed by atoms with E-state index in [-0.39, 0.29) is 5.92 Å². The van der Waals surface area contributed by atoms with Gasteiger partial charge in [0.1, 0.15) is 0 Å². The average molecular weight is 647 g/mol. The first-order valence-electron chi connectivity index (χ1n) is 17.8. The van der Waals surface area contributed by atoms with E-state index in [2.05, 4.69) is 200 Å². The Morgan fingerprint density at radius 2 is 0.725 bits per heavy atom. The van der Waals surface area contributed by atoms with Crippen LogP contribution < -0.4 is 0 Å². The van der Waals surface area contributed by atoms with E-state index in [1.807, 2.05) is 0 Å². The molecule has 9 aromatic rings. The minimum Gasteiger partial charge on any atom is -0.0619 e. The topological polar surface area (TPSA) is 0 Å². The monoisotopic (exact) mass is 646 g/mol. The molecule has 0 heterocycles. The van der Waals surface area contributed by atoms with Crippen LogP contribution in [0.25, 0.3) is 77.2 Å². The number of hydrogen-bond acceptors (Lipinski definition) is 0. The van der Waals surface area contributed by atoms with E-state index < -0.39 is 0 Å². The number of benzene rings is 9. The molecule has 238 valence electrons. The molecule has 0 nitrogen and oxygen atoms in total. The summed E-state index contributed by atoms with van der Waals surface area (Å²) in [5.41, 5.74) is 16.6. The Morgan fingerprint density at radius 1 is 0.255 bits per heavy atom. The summed E-state index contributed by atoms with van der Waals surface area (Å²) >= 11 is 0. The fourth-order valence-electron chi connectivity index (χ4n) is 8.20. The van der Waals surface area contributed by atoms with Crippen LogP contribution in [0.3, 0.4) is 0 Å². The maximum Gasteiger partial charge on any atom is 0.0352 e. The molecule has 0 bridgehead atoms. The molecule has 0 amide bonds. The summed E-state index contributed by atoms with van der Waals surface area (Å²) in [5.74, 6) is 0.264. The lowest BCUT2D eigenvalue weighted by Crippen LogP contribution is -1.98. The second-order valence-electron chi connectivity index (χ2n) is 13.7. The van der Waals surface area contributed by atoms with Gasteiger partial charge in [-0.1, -0.05) is 176 Å². The van der Waals surface area contributed by atoms with Gasteiger partial charge in [-0.15, -0.1) is 0 Å². The van der Waals surface area contributed by atoms with Gasteiger partial charge < -0.3 is 0 Å². The highest BCUT2D eigenvalue weighted by Crippen LogP contribution is 2.48. The van der Waals surface area contributed by atoms with Crippen LogP contribution in [-0.2, 0) is 0 Å². The number of rotatable bonds is 5. The molecule has 9 aromatic carbocycles. The van der Waals surface area contributed by atoms with Gasteiger partial charge in [0.15, 0.2) is 0 Å².